The highest BCUT2D eigenvalue weighted by Gasteiger charge is 2.41. The van der Waals surface area contributed by atoms with Crippen molar-refractivity contribution in [1.82, 2.24) is 25.2 Å². The van der Waals surface area contributed by atoms with E-state index >= 15 is 0 Å². The van der Waals surface area contributed by atoms with Gasteiger partial charge in [-0.1, -0.05) is 26.0 Å². The minimum absolute atomic E-state index is 0.0682. The third-order valence-corrected chi connectivity index (χ3v) is 2.43. The van der Waals surface area contributed by atoms with Gasteiger partial charge in [0.1, 0.15) is 6.54 Å². The molecule has 7 nitrogen and oxygen atoms in total. The van der Waals surface area contributed by atoms with E-state index < -0.39 is 17.7 Å². The first-order valence-corrected chi connectivity index (χ1v) is 5.92. The molecule has 0 aliphatic rings. The van der Waals surface area contributed by atoms with Crippen molar-refractivity contribution in [2.24, 2.45) is 0 Å². The number of rotatable bonds is 3. The molecule has 2 aromatic rings. The Morgan fingerprint density at radius 3 is 2.43 bits per heavy atom. The number of alkyl halides is 3. The summed E-state index contributed by atoms with van der Waals surface area (Å²) in [7, 11) is 0. The van der Waals surface area contributed by atoms with Crippen molar-refractivity contribution >= 4 is 5.78 Å². The van der Waals surface area contributed by atoms with Crippen LogP contribution in [-0.4, -0.2) is 37.2 Å². The predicted molar refractivity (Wildman–Crippen MR) is 62.5 cm³/mol. The zero-order valence-electron chi connectivity index (χ0n) is 11.5. The van der Waals surface area contributed by atoms with Gasteiger partial charge in [-0.15, -0.1) is 15.3 Å². The molecule has 0 N–H and O–H groups in total. The van der Waals surface area contributed by atoms with Crippen LogP contribution in [-0.2, 0) is 12.0 Å². The van der Waals surface area contributed by atoms with Gasteiger partial charge in [0.15, 0.2) is 5.69 Å². The van der Waals surface area contributed by atoms with E-state index in [2.05, 4.69) is 20.5 Å². The first-order chi connectivity index (χ1) is 9.57. The summed E-state index contributed by atoms with van der Waals surface area (Å²) < 4.78 is 43.1. The van der Waals surface area contributed by atoms with Gasteiger partial charge < -0.3 is 4.42 Å². The van der Waals surface area contributed by atoms with Crippen LogP contribution in [0, 0.1) is 0 Å². The summed E-state index contributed by atoms with van der Waals surface area (Å²) in [4.78, 5) is 11.0. The molecule has 0 aromatic carbocycles. The Morgan fingerprint density at radius 1 is 1.24 bits per heavy atom. The van der Waals surface area contributed by atoms with E-state index in [0.29, 0.717) is 5.89 Å². The van der Waals surface area contributed by atoms with E-state index in [1.54, 1.807) is 0 Å². The predicted octanol–water partition coefficient (Wildman–Crippen LogP) is 1.75. The fraction of sp³-hybridized carbons (Fsp3) is 0.545. The smallest absolute Gasteiger partial charge is 0.423 e. The Balaban J connectivity index is 2.13. The van der Waals surface area contributed by atoms with Gasteiger partial charge in [0, 0.05) is 5.41 Å². The third-order valence-electron chi connectivity index (χ3n) is 2.43. The molecule has 0 atom stereocenters. The lowest BCUT2D eigenvalue weighted by Gasteiger charge is -2.10. The zero-order chi connectivity index (χ0) is 15.8. The van der Waals surface area contributed by atoms with Crippen LogP contribution in [0.3, 0.4) is 0 Å². The van der Waals surface area contributed by atoms with Crippen LogP contribution in [0.1, 0.15) is 43.0 Å². The molecule has 0 saturated carbocycles. The average molecular weight is 303 g/mol. The van der Waals surface area contributed by atoms with Crippen LogP contribution in [0.15, 0.2) is 10.6 Å². The third kappa shape index (κ3) is 3.44. The Kier molecular flexibility index (Phi) is 3.56. The lowest BCUT2D eigenvalue weighted by atomic mass is 9.97. The van der Waals surface area contributed by atoms with Crippen molar-refractivity contribution in [2.75, 3.05) is 0 Å². The van der Waals surface area contributed by atoms with Gasteiger partial charge in [-0.2, -0.15) is 13.2 Å². The van der Waals surface area contributed by atoms with Gasteiger partial charge in [-0.3, -0.25) is 4.79 Å². The normalized spacial score (nSPS) is 12.7. The standard InChI is InChI=1S/C11H12F3N5O2/c1-10(2,3)9-17-16-7(21-9)5-19-4-6(15-18-19)8(20)11(12,13)14/h4H,5H2,1-3H3. The molecule has 0 aliphatic carbocycles. The number of Topliss-reactive ketones (excluding diaryl/α,β-unsaturated/α-hetero) is 1. The van der Waals surface area contributed by atoms with E-state index in [1.165, 1.54) is 0 Å². The van der Waals surface area contributed by atoms with Crippen molar-refractivity contribution in [3.05, 3.63) is 23.7 Å². The lowest BCUT2D eigenvalue weighted by Crippen LogP contribution is -2.23. The molecule has 0 unspecified atom stereocenters. The van der Waals surface area contributed by atoms with Crippen LogP contribution in [0.4, 0.5) is 13.2 Å². The van der Waals surface area contributed by atoms with Gasteiger partial charge in [0.2, 0.25) is 11.8 Å². The molecular formula is C11H12F3N5O2. The molecule has 0 saturated heterocycles. The number of aromatic nitrogens is 5. The second-order valence-electron chi connectivity index (χ2n) is 5.38. The van der Waals surface area contributed by atoms with Gasteiger partial charge in [0.25, 0.3) is 5.78 Å². The van der Waals surface area contributed by atoms with Crippen LogP contribution in [0.2, 0.25) is 0 Å². The van der Waals surface area contributed by atoms with Crippen LogP contribution in [0.25, 0.3) is 0 Å². The van der Waals surface area contributed by atoms with Crippen molar-refractivity contribution in [3.63, 3.8) is 0 Å². The Bertz CT molecular complexity index is 653. The van der Waals surface area contributed by atoms with Crippen LogP contribution in [0.5, 0.6) is 0 Å². The molecule has 2 aromatic heterocycles. The van der Waals surface area contributed by atoms with Crippen LogP contribution < -0.4 is 0 Å². The van der Waals surface area contributed by atoms with Crippen molar-refractivity contribution < 1.29 is 22.4 Å². The first-order valence-electron chi connectivity index (χ1n) is 5.92. The SMILES string of the molecule is CC(C)(C)c1nnc(Cn2cc(C(=O)C(F)(F)F)nn2)o1. The second-order valence-corrected chi connectivity index (χ2v) is 5.38. The largest absolute Gasteiger partial charge is 0.456 e. The number of carbonyl (C=O) groups excluding carboxylic acids is 1. The molecule has 0 aliphatic heterocycles. The minimum Gasteiger partial charge on any atom is -0.423 e. The van der Waals surface area contributed by atoms with Gasteiger partial charge in [0.05, 0.1) is 6.20 Å². The van der Waals surface area contributed by atoms with E-state index in [4.69, 9.17) is 4.42 Å². The van der Waals surface area contributed by atoms with E-state index in [0.717, 1.165) is 10.9 Å². The second kappa shape index (κ2) is 4.93. The lowest BCUT2D eigenvalue weighted by molar-refractivity contribution is -0.0888. The topological polar surface area (TPSA) is 86.7 Å². The molecule has 2 heterocycles. The summed E-state index contributed by atoms with van der Waals surface area (Å²) in [5.41, 5.74) is -1.12. The molecule has 114 valence electrons. The molecule has 0 radical (unpaired) electrons. The van der Waals surface area contributed by atoms with Crippen molar-refractivity contribution in [2.45, 2.75) is 38.9 Å². The van der Waals surface area contributed by atoms with E-state index in [9.17, 15) is 18.0 Å². The Morgan fingerprint density at radius 2 is 1.90 bits per heavy atom. The van der Waals surface area contributed by atoms with Crippen molar-refractivity contribution in [3.8, 4) is 0 Å². The summed E-state index contributed by atoms with van der Waals surface area (Å²) in [6, 6.07) is 0. The number of halogens is 3. The molecule has 0 spiro atoms. The summed E-state index contributed by atoms with van der Waals surface area (Å²) in [5.74, 6) is -1.49. The zero-order valence-corrected chi connectivity index (χ0v) is 11.5. The average Bonchev–Trinajstić information content (AvgIpc) is 2.95. The van der Waals surface area contributed by atoms with E-state index in [-0.39, 0.29) is 17.9 Å². The monoisotopic (exact) mass is 303 g/mol. The maximum absolute atomic E-state index is 12.2. The summed E-state index contributed by atoms with van der Waals surface area (Å²) >= 11 is 0. The van der Waals surface area contributed by atoms with Gasteiger partial charge in [-0.05, 0) is 0 Å². The Labute approximate surface area is 117 Å². The van der Waals surface area contributed by atoms with E-state index in [1.807, 2.05) is 20.8 Å². The number of carbonyl (C=O) groups is 1. The molecule has 0 amide bonds. The molecular weight excluding hydrogens is 291 g/mol. The highest BCUT2D eigenvalue weighted by atomic mass is 19.4. The number of nitrogens with zero attached hydrogens (tertiary/aromatic N) is 5. The maximum atomic E-state index is 12.2. The highest BCUT2D eigenvalue weighted by Crippen LogP contribution is 2.21. The number of ketones is 1. The van der Waals surface area contributed by atoms with Crippen LogP contribution >= 0.6 is 0 Å². The van der Waals surface area contributed by atoms with Gasteiger partial charge >= 0.3 is 6.18 Å². The number of hydrogen-bond donors (Lipinski definition) is 0. The highest BCUT2D eigenvalue weighted by molar-refractivity contribution is 5.98. The fourth-order valence-corrected chi connectivity index (χ4v) is 1.38. The molecule has 2 rings (SSSR count). The fourth-order valence-electron chi connectivity index (χ4n) is 1.38. The summed E-state index contributed by atoms with van der Waals surface area (Å²) in [5, 5.41) is 14.2. The molecule has 0 bridgehead atoms. The molecule has 21 heavy (non-hydrogen) atoms. The number of hydrogen-bond acceptors (Lipinski definition) is 6. The summed E-state index contributed by atoms with van der Waals surface area (Å²) in [6.45, 7) is 5.56. The summed E-state index contributed by atoms with van der Waals surface area (Å²) in [6.07, 6.45) is -4.10. The molecule has 0 fully saturated rings. The maximum Gasteiger partial charge on any atom is 0.456 e. The van der Waals surface area contributed by atoms with Gasteiger partial charge in [-0.25, -0.2) is 4.68 Å². The first kappa shape index (κ1) is 15.1. The Hall–Kier alpha value is -2.26. The quantitative estimate of drug-likeness (QED) is 0.803. The molecule has 10 heteroatoms. The minimum atomic E-state index is -4.98. The van der Waals surface area contributed by atoms with Crippen molar-refractivity contribution in [1.29, 1.82) is 0 Å².